The zero-order chi connectivity index (χ0) is 13.2. The highest BCUT2D eigenvalue weighted by Crippen LogP contribution is 2.16. The summed E-state index contributed by atoms with van der Waals surface area (Å²) in [5.41, 5.74) is 0.275. The maximum Gasteiger partial charge on any atom is 0.323 e. The summed E-state index contributed by atoms with van der Waals surface area (Å²) in [6.07, 6.45) is 0. The molecule has 0 radical (unpaired) electrons. The van der Waals surface area contributed by atoms with Crippen LogP contribution < -0.4 is 0 Å². The molecule has 94 valence electrons. The fourth-order valence-electron chi connectivity index (χ4n) is 1.55. The van der Waals surface area contributed by atoms with E-state index in [0.29, 0.717) is 6.54 Å². The van der Waals surface area contributed by atoms with Crippen molar-refractivity contribution in [3.63, 3.8) is 0 Å². The minimum Gasteiger partial charge on any atom is -0.358 e. The number of carbonyl (C=O) groups excluding carboxylic acids is 1. The van der Waals surface area contributed by atoms with Gasteiger partial charge in [0.2, 0.25) is 0 Å². The average Bonchev–Trinajstić information content (AvgIpc) is 2.57. The molecule has 1 heterocycles. The molecule has 0 N–H and O–H groups in total. The van der Waals surface area contributed by atoms with E-state index in [9.17, 15) is 14.9 Å². The molecule has 0 aliphatic rings. The highest BCUT2D eigenvalue weighted by Gasteiger charge is 2.23. The molecule has 7 heteroatoms. The van der Waals surface area contributed by atoms with Crippen LogP contribution >= 0.6 is 11.6 Å². The maximum atomic E-state index is 12.0. The first-order valence-corrected chi connectivity index (χ1v) is 5.48. The number of halogens is 1. The molecule has 17 heavy (non-hydrogen) atoms. The van der Waals surface area contributed by atoms with Crippen molar-refractivity contribution in [3.8, 4) is 0 Å². The van der Waals surface area contributed by atoms with Crippen molar-refractivity contribution in [3.05, 3.63) is 27.9 Å². The number of alkyl halides is 1. The second-order valence-electron chi connectivity index (χ2n) is 3.86. The quantitative estimate of drug-likeness (QED) is 0.469. The van der Waals surface area contributed by atoms with Gasteiger partial charge in [0, 0.05) is 25.0 Å². The van der Waals surface area contributed by atoms with E-state index < -0.39 is 4.92 Å². The van der Waals surface area contributed by atoms with Crippen molar-refractivity contribution in [2.45, 2.75) is 12.3 Å². The second-order valence-corrected chi connectivity index (χ2v) is 4.60. The summed E-state index contributed by atoms with van der Waals surface area (Å²) in [6, 6.07) is 2.75. The number of amides is 1. The third kappa shape index (κ3) is 2.97. The van der Waals surface area contributed by atoms with E-state index in [0.717, 1.165) is 0 Å². The predicted octanol–water partition coefficient (Wildman–Crippen LogP) is 1.63. The van der Waals surface area contributed by atoms with Gasteiger partial charge in [0.25, 0.3) is 5.91 Å². The predicted molar refractivity (Wildman–Crippen MR) is 64.3 cm³/mol. The summed E-state index contributed by atoms with van der Waals surface area (Å²) in [5.74, 6) is -0.395. The standard InChI is InChI=1S/C10H14ClN3O3/c1-7(11)6-12(2)10(15)8-4-5-9(13(8)3)14(16)17/h4-5,7H,6H2,1-3H3. The molecule has 1 unspecified atom stereocenters. The second kappa shape index (κ2) is 5.18. The fourth-order valence-corrected chi connectivity index (χ4v) is 1.76. The van der Waals surface area contributed by atoms with Gasteiger partial charge in [0.1, 0.15) is 0 Å². The molecule has 0 aromatic carbocycles. The molecule has 1 atom stereocenters. The SMILES string of the molecule is CC(Cl)CN(C)C(=O)c1ccc([N+](=O)[O-])n1C. The average molecular weight is 260 g/mol. The van der Waals surface area contributed by atoms with Crippen molar-refractivity contribution in [1.29, 1.82) is 0 Å². The van der Waals surface area contributed by atoms with Gasteiger partial charge in [0.05, 0.1) is 7.05 Å². The third-order valence-corrected chi connectivity index (χ3v) is 2.51. The van der Waals surface area contributed by atoms with Crippen LogP contribution in [-0.4, -0.2) is 39.3 Å². The zero-order valence-corrected chi connectivity index (χ0v) is 10.6. The monoisotopic (exact) mass is 259 g/mol. The van der Waals surface area contributed by atoms with E-state index in [2.05, 4.69) is 0 Å². The zero-order valence-electron chi connectivity index (χ0n) is 9.88. The van der Waals surface area contributed by atoms with E-state index in [4.69, 9.17) is 11.6 Å². The van der Waals surface area contributed by atoms with Gasteiger partial charge in [-0.05, 0) is 17.9 Å². The Morgan fingerprint density at radius 1 is 1.65 bits per heavy atom. The van der Waals surface area contributed by atoms with Crippen LogP contribution in [0.5, 0.6) is 0 Å². The van der Waals surface area contributed by atoms with Gasteiger partial charge in [-0.2, -0.15) is 0 Å². The lowest BCUT2D eigenvalue weighted by molar-refractivity contribution is -0.391. The Morgan fingerprint density at radius 2 is 2.24 bits per heavy atom. The largest absolute Gasteiger partial charge is 0.358 e. The van der Waals surface area contributed by atoms with Crippen LogP contribution in [0, 0.1) is 10.1 Å². The lowest BCUT2D eigenvalue weighted by Crippen LogP contribution is -2.32. The van der Waals surface area contributed by atoms with Crippen molar-refractivity contribution in [2.24, 2.45) is 7.05 Å². The molecule has 1 aromatic rings. The van der Waals surface area contributed by atoms with Crippen LogP contribution in [0.1, 0.15) is 17.4 Å². The summed E-state index contributed by atoms with van der Waals surface area (Å²) in [4.78, 5) is 23.5. The first-order chi connectivity index (χ1) is 7.84. The molecular formula is C10H14ClN3O3. The van der Waals surface area contributed by atoms with Crippen LogP contribution in [0.3, 0.4) is 0 Å². The highest BCUT2D eigenvalue weighted by atomic mass is 35.5. The van der Waals surface area contributed by atoms with Gasteiger partial charge in [-0.1, -0.05) is 0 Å². The highest BCUT2D eigenvalue weighted by molar-refractivity contribution is 6.20. The first-order valence-electron chi connectivity index (χ1n) is 5.04. The molecule has 0 aliphatic heterocycles. The topological polar surface area (TPSA) is 68.4 Å². The van der Waals surface area contributed by atoms with Gasteiger partial charge in [0.15, 0.2) is 5.69 Å². The minimum atomic E-state index is -0.527. The van der Waals surface area contributed by atoms with Crippen LogP contribution in [-0.2, 0) is 7.05 Å². The van der Waals surface area contributed by atoms with Crippen LogP contribution in [0.25, 0.3) is 0 Å². The Hall–Kier alpha value is -1.56. The van der Waals surface area contributed by atoms with E-state index in [1.165, 1.54) is 28.6 Å². The number of hydrogen-bond acceptors (Lipinski definition) is 3. The molecule has 0 aliphatic carbocycles. The summed E-state index contributed by atoms with van der Waals surface area (Å²) < 4.78 is 1.26. The number of hydrogen-bond donors (Lipinski definition) is 0. The number of aromatic nitrogens is 1. The molecule has 0 saturated heterocycles. The van der Waals surface area contributed by atoms with E-state index in [1.54, 1.807) is 14.0 Å². The van der Waals surface area contributed by atoms with E-state index in [1.807, 2.05) is 0 Å². The molecule has 1 aromatic heterocycles. The minimum absolute atomic E-state index is 0.110. The van der Waals surface area contributed by atoms with Crippen LogP contribution in [0.2, 0.25) is 0 Å². The Bertz CT molecular complexity index is 442. The molecule has 0 fully saturated rings. The summed E-state index contributed by atoms with van der Waals surface area (Å²) in [7, 11) is 3.10. The lowest BCUT2D eigenvalue weighted by Gasteiger charge is -2.17. The van der Waals surface area contributed by atoms with Crippen molar-refractivity contribution in [1.82, 2.24) is 9.47 Å². The van der Waals surface area contributed by atoms with Gasteiger partial charge < -0.3 is 15.0 Å². The number of rotatable bonds is 4. The van der Waals surface area contributed by atoms with Crippen molar-refractivity contribution < 1.29 is 9.72 Å². The molecular weight excluding hydrogens is 246 g/mol. The van der Waals surface area contributed by atoms with Crippen LogP contribution in [0.15, 0.2) is 12.1 Å². The summed E-state index contributed by atoms with van der Waals surface area (Å²) in [6.45, 7) is 2.16. The number of nitrogens with zero attached hydrogens (tertiary/aromatic N) is 3. The molecule has 6 nitrogen and oxygen atoms in total. The first kappa shape index (κ1) is 13.5. The third-order valence-electron chi connectivity index (χ3n) is 2.37. The van der Waals surface area contributed by atoms with Crippen molar-refractivity contribution >= 4 is 23.3 Å². The Kier molecular flexibility index (Phi) is 4.11. The molecule has 0 bridgehead atoms. The van der Waals surface area contributed by atoms with Crippen LogP contribution in [0.4, 0.5) is 5.82 Å². The molecule has 1 amide bonds. The normalized spacial score (nSPS) is 12.2. The summed E-state index contributed by atoms with van der Waals surface area (Å²) in [5, 5.41) is 10.5. The summed E-state index contributed by atoms with van der Waals surface area (Å²) >= 11 is 5.79. The fraction of sp³-hybridized carbons (Fsp3) is 0.500. The maximum absolute atomic E-state index is 12.0. The molecule has 1 rings (SSSR count). The van der Waals surface area contributed by atoms with E-state index >= 15 is 0 Å². The Balaban J connectivity index is 2.93. The van der Waals surface area contributed by atoms with Crippen molar-refractivity contribution in [2.75, 3.05) is 13.6 Å². The number of carbonyl (C=O) groups is 1. The Labute approximate surface area is 104 Å². The Morgan fingerprint density at radius 3 is 2.65 bits per heavy atom. The number of nitro groups is 1. The van der Waals surface area contributed by atoms with Gasteiger partial charge in [-0.25, -0.2) is 4.57 Å². The lowest BCUT2D eigenvalue weighted by atomic mass is 10.3. The van der Waals surface area contributed by atoms with Gasteiger partial charge in [-0.15, -0.1) is 11.6 Å². The molecule has 0 spiro atoms. The smallest absolute Gasteiger partial charge is 0.323 e. The van der Waals surface area contributed by atoms with Gasteiger partial charge >= 0.3 is 5.82 Å². The van der Waals surface area contributed by atoms with Gasteiger partial charge in [-0.3, -0.25) is 4.79 Å². The van der Waals surface area contributed by atoms with E-state index in [-0.39, 0.29) is 22.8 Å². The molecule has 0 saturated carbocycles.